The van der Waals surface area contributed by atoms with Crippen LogP contribution in [0.5, 0.6) is 0 Å². The lowest BCUT2D eigenvalue weighted by molar-refractivity contribution is 0.0979. The van der Waals surface area contributed by atoms with E-state index in [0.717, 1.165) is 18.5 Å². The SMILES string of the molecule is CNCCCC(=O)c1cc(F)ccc1C. The number of rotatable bonds is 5. The van der Waals surface area contributed by atoms with Gasteiger partial charge in [0.05, 0.1) is 0 Å². The van der Waals surface area contributed by atoms with E-state index in [4.69, 9.17) is 0 Å². The van der Waals surface area contributed by atoms with Gasteiger partial charge in [0.2, 0.25) is 0 Å². The quantitative estimate of drug-likeness (QED) is 0.595. The molecule has 0 atom stereocenters. The molecule has 1 aromatic carbocycles. The van der Waals surface area contributed by atoms with Crippen molar-refractivity contribution >= 4 is 5.78 Å². The van der Waals surface area contributed by atoms with Crippen molar-refractivity contribution in [3.05, 3.63) is 35.1 Å². The molecule has 1 rings (SSSR count). The van der Waals surface area contributed by atoms with E-state index in [1.165, 1.54) is 12.1 Å². The van der Waals surface area contributed by atoms with Crippen LogP contribution in [0.25, 0.3) is 0 Å². The molecule has 15 heavy (non-hydrogen) atoms. The zero-order valence-corrected chi connectivity index (χ0v) is 9.14. The van der Waals surface area contributed by atoms with Crippen molar-refractivity contribution in [1.82, 2.24) is 5.32 Å². The number of nitrogens with one attached hydrogen (secondary N) is 1. The number of ketones is 1. The topological polar surface area (TPSA) is 29.1 Å². The van der Waals surface area contributed by atoms with Crippen LogP contribution in [0.2, 0.25) is 0 Å². The van der Waals surface area contributed by atoms with Gasteiger partial charge >= 0.3 is 0 Å². The van der Waals surface area contributed by atoms with Crippen molar-refractivity contribution in [3.8, 4) is 0 Å². The number of carbonyl (C=O) groups excluding carboxylic acids is 1. The summed E-state index contributed by atoms with van der Waals surface area (Å²) in [4.78, 5) is 11.7. The third-order valence-corrected chi connectivity index (χ3v) is 2.33. The van der Waals surface area contributed by atoms with E-state index in [0.29, 0.717) is 12.0 Å². The summed E-state index contributed by atoms with van der Waals surface area (Å²) in [6.07, 6.45) is 1.25. The van der Waals surface area contributed by atoms with Gasteiger partial charge in [0.15, 0.2) is 5.78 Å². The second-order valence-electron chi connectivity index (χ2n) is 3.59. The number of hydrogen-bond acceptors (Lipinski definition) is 2. The summed E-state index contributed by atoms with van der Waals surface area (Å²) in [6.45, 7) is 2.63. The first-order chi connectivity index (χ1) is 7.15. The highest BCUT2D eigenvalue weighted by Crippen LogP contribution is 2.13. The molecule has 1 N–H and O–H groups in total. The first kappa shape index (κ1) is 11.9. The summed E-state index contributed by atoms with van der Waals surface area (Å²) in [5.41, 5.74) is 1.34. The maximum Gasteiger partial charge on any atom is 0.163 e. The molecule has 0 heterocycles. The molecular formula is C12H16FNO. The molecule has 0 unspecified atom stereocenters. The third kappa shape index (κ3) is 3.44. The molecule has 1 aromatic rings. The average molecular weight is 209 g/mol. The van der Waals surface area contributed by atoms with Crippen LogP contribution in [0.1, 0.15) is 28.8 Å². The average Bonchev–Trinajstić information content (AvgIpc) is 2.22. The molecule has 0 fully saturated rings. The molecule has 0 bridgehead atoms. The van der Waals surface area contributed by atoms with E-state index in [9.17, 15) is 9.18 Å². The Balaban J connectivity index is 2.68. The van der Waals surface area contributed by atoms with Gasteiger partial charge in [0.1, 0.15) is 5.82 Å². The fourth-order valence-electron chi connectivity index (χ4n) is 1.46. The van der Waals surface area contributed by atoms with Gasteiger partial charge in [0, 0.05) is 12.0 Å². The molecule has 0 spiro atoms. The van der Waals surface area contributed by atoms with Crippen LogP contribution < -0.4 is 5.32 Å². The van der Waals surface area contributed by atoms with E-state index >= 15 is 0 Å². The van der Waals surface area contributed by atoms with Crippen molar-refractivity contribution in [2.24, 2.45) is 0 Å². The van der Waals surface area contributed by atoms with E-state index in [1.54, 1.807) is 6.07 Å². The summed E-state index contributed by atoms with van der Waals surface area (Å²) in [5, 5.41) is 2.97. The minimum absolute atomic E-state index is 0.0160. The second-order valence-corrected chi connectivity index (χ2v) is 3.59. The van der Waals surface area contributed by atoms with Crippen molar-refractivity contribution in [3.63, 3.8) is 0 Å². The van der Waals surface area contributed by atoms with Gasteiger partial charge in [-0.3, -0.25) is 4.79 Å². The van der Waals surface area contributed by atoms with Gasteiger partial charge < -0.3 is 5.32 Å². The van der Waals surface area contributed by atoms with Crippen LogP contribution in [0.15, 0.2) is 18.2 Å². The molecule has 82 valence electrons. The molecule has 0 aromatic heterocycles. The highest BCUT2D eigenvalue weighted by atomic mass is 19.1. The summed E-state index contributed by atoms with van der Waals surface area (Å²) in [7, 11) is 1.85. The Morgan fingerprint density at radius 3 is 2.87 bits per heavy atom. The Hall–Kier alpha value is -1.22. The number of benzene rings is 1. The summed E-state index contributed by atoms with van der Waals surface area (Å²) >= 11 is 0. The van der Waals surface area contributed by atoms with Crippen LogP contribution in [-0.2, 0) is 0 Å². The second kappa shape index (κ2) is 5.61. The van der Waals surface area contributed by atoms with E-state index in [1.807, 2.05) is 14.0 Å². The number of Topliss-reactive ketones (excluding diaryl/α,β-unsaturated/α-hetero) is 1. The van der Waals surface area contributed by atoms with Gasteiger partial charge in [0.25, 0.3) is 0 Å². The highest BCUT2D eigenvalue weighted by Gasteiger charge is 2.09. The van der Waals surface area contributed by atoms with E-state index in [2.05, 4.69) is 5.32 Å². The predicted molar refractivity (Wildman–Crippen MR) is 58.6 cm³/mol. The lowest BCUT2D eigenvalue weighted by atomic mass is 10.0. The molecule has 0 amide bonds. The smallest absolute Gasteiger partial charge is 0.163 e. The van der Waals surface area contributed by atoms with Gasteiger partial charge in [-0.15, -0.1) is 0 Å². The minimum Gasteiger partial charge on any atom is -0.320 e. The van der Waals surface area contributed by atoms with Crippen molar-refractivity contribution in [2.75, 3.05) is 13.6 Å². The Morgan fingerprint density at radius 1 is 1.47 bits per heavy atom. The van der Waals surface area contributed by atoms with Crippen LogP contribution in [-0.4, -0.2) is 19.4 Å². The zero-order valence-electron chi connectivity index (χ0n) is 9.14. The van der Waals surface area contributed by atoms with Crippen LogP contribution in [0, 0.1) is 12.7 Å². The maximum absolute atomic E-state index is 12.9. The summed E-state index contributed by atoms with van der Waals surface area (Å²) in [5.74, 6) is -0.334. The molecule has 0 radical (unpaired) electrons. The summed E-state index contributed by atoms with van der Waals surface area (Å²) in [6, 6.07) is 4.33. The lowest BCUT2D eigenvalue weighted by Gasteiger charge is -2.04. The Bertz CT molecular complexity index is 349. The number of halogens is 1. The first-order valence-electron chi connectivity index (χ1n) is 5.09. The van der Waals surface area contributed by atoms with Gasteiger partial charge in [-0.05, 0) is 44.6 Å². The van der Waals surface area contributed by atoms with E-state index < -0.39 is 0 Å². The Morgan fingerprint density at radius 2 is 2.20 bits per heavy atom. The van der Waals surface area contributed by atoms with Gasteiger partial charge in [-0.1, -0.05) is 6.07 Å². The molecule has 0 saturated carbocycles. The molecule has 3 heteroatoms. The fraction of sp³-hybridized carbons (Fsp3) is 0.417. The van der Waals surface area contributed by atoms with Crippen molar-refractivity contribution in [2.45, 2.75) is 19.8 Å². The number of carbonyl (C=O) groups is 1. The Labute approximate surface area is 89.5 Å². The minimum atomic E-state index is -0.349. The molecule has 0 saturated heterocycles. The standard InChI is InChI=1S/C12H16FNO/c1-9-5-6-10(13)8-11(9)12(15)4-3-7-14-2/h5-6,8,14H,3-4,7H2,1-2H3. The normalized spacial score (nSPS) is 10.3. The number of hydrogen-bond donors (Lipinski definition) is 1. The van der Waals surface area contributed by atoms with Crippen molar-refractivity contribution < 1.29 is 9.18 Å². The fourth-order valence-corrected chi connectivity index (χ4v) is 1.46. The molecule has 0 aliphatic heterocycles. The monoisotopic (exact) mass is 209 g/mol. The molecular weight excluding hydrogens is 193 g/mol. The Kier molecular flexibility index (Phi) is 4.43. The third-order valence-electron chi connectivity index (χ3n) is 2.33. The highest BCUT2D eigenvalue weighted by molar-refractivity contribution is 5.97. The van der Waals surface area contributed by atoms with Gasteiger partial charge in [-0.25, -0.2) is 4.39 Å². The predicted octanol–water partition coefficient (Wildman–Crippen LogP) is 2.32. The maximum atomic E-state index is 12.9. The largest absolute Gasteiger partial charge is 0.320 e. The first-order valence-corrected chi connectivity index (χ1v) is 5.09. The zero-order chi connectivity index (χ0) is 11.3. The van der Waals surface area contributed by atoms with Crippen LogP contribution in [0.4, 0.5) is 4.39 Å². The molecule has 0 aliphatic rings. The van der Waals surface area contributed by atoms with Crippen LogP contribution in [0.3, 0.4) is 0 Å². The van der Waals surface area contributed by atoms with Crippen LogP contribution >= 0.6 is 0 Å². The van der Waals surface area contributed by atoms with Crippen molar-refractivity contribution in [1.29, 1.82) is 0 Å². The number of aryl methyl sites for hydroxylation is 1. The molecule has 2 nitrogen and oxygen atoms in total. The van der Waals surface area contributed by atoms with Gasteiger partial charge in [-0.2, -0.15) is 0 Å². The molecule has 0 aliphatic carbocycles. The lowest BCUT2D eigenvalue weighted by Crippen LogP contribution is -2.10. The van der Waals surface area contributed by atoms with E-state index in [-0.39, 0.29) is 11.6 Å². The summed E-state index contributed by atoms with van der Waals surface area (Å²) < 4.78 is 12.9.